The Morgan fingerprint density at radius 2 is 1.93 bits per heavy atom. The van der Waals surface area contributed by atoms with Gasteiger partial charge in [0.1, 0.15) is 6.10 Å². The average molecular weight is 399 g/mol. The molecule has 6 heteroatoms. The summed E-state index contributed by atoms with van der Waals surface area (Å²) in [5, 5.41) is 0.731. The molecule has 0 bridgehead atoms. The summed E-state index contributed by atoms with van der Waals surface area (Å²) >= 11 is 3.30. The van der Waals surface area contributed by atoms with E-state index in [9.17, 15) is 4.79 Å². The summed E-state index contributed by atoms with van der Waals surface area (Å²) in [5.41, 5.74) is 2.06. The van der Waals surface area contributed by atoms with Crippen molar-refractivity contribution in [3.8, 4) is 5.19 Å². The van der Waals surface area contributed by atoms with Crippen LogP contribution in [0.4, 0.5) is 0 Å². The van der Waals surface area contributed by atoms with E-state index in [4.69, 9.17) is 4.74 Å². The molecule has 1 saturated heterocycles. The SMILES string of the molecule is CSc1ccc(CC(=O)N2CCC(Oc3nc4ccccc4s3)CC2)cc1. The van der Waals surface area contributed by atoms with Crippen LogP contribution in [0.15, 0.2) is 53.4 Å². The van der Waals surface area contributed by atoms with Gasteiger partial charge in [-0.25, -0.2) is 4.98 Å². The maximum absolute atomic E-state index is 12.6. The fourth-order valence-electron chi connectivity index (χ4n) is 3.30. The van der Waals surface area contributed by atoms with Gasteiger partial charge in [-0.2, -0.15) is 0 Å². The smallest absolute Gasteiger partial charge is 0.274 e. The highest BCUT2D eigenvalue weighted by Gasteiger charge is 2.24. The predicted molar refractivity (Wildman–Crippen MR) is 112 cm³/mol. The van der Waals surface area contributed by atoms with E-state index in [2.05, 4.69) is 29.4 Å². The second kappa shape index (κ2) is 8.31. The molecule has 1 fully saturated rings. The number of ether oxygens (including phenoxy) is 1. The number of piperidine rings is 1. The van der Waals surface area contributed by atoms with Crippen LogP contribution in [0.25, 0.3) is 10.2 Å². The van der Waals surface area contributed by atoms with Crippen LogP contribution in [0, 0.1) is 0 Å². The standard InChI is InChI=1S/C21H22N2O2S2/c1-26-17-8-6-15(7-9-17)14-20(24)23-12-10-16(11-13-23)25-21-22-18-4-2-3-5-19(18)27-21/h2-9,16H,10-14H2,1H3. The summed E-state index contributed by atoms with van der Waals surface area (Å²) in [4.78, 5) is 20.3. The first kappa shape index (κ1) is 18.3. The van der Waals surface area contributed by atoms with Crippen molar-refractivity contribution in [2.45, 2.75) is 30.3 Å². The Kier molecular flexibility index (Phi) is 5.64. The van der Waals surface area contributed by atoms with Crippen molar-refractivity contribution in [2.24, 2.45) is 0 Å². The van der Waals surface area contributed by atoms with E-state index >= 15 is 0 Å². The van der Waals surface area contributed by atoms with Crippen LogP contribution in [-0.2, 0) is 11.2 Å². The third kappa shape index (κ3) is 4.45. The normalized spacial score (nSPS) is 15.2. The second-order valence-electron chi connectivity index (χ2n) is 6.67. The molecule has 140 valence electrons. The van der Waals surface area contributed by atoms with Crippen LogP contribution in [0.5, 0.6) is 5.19 Å². The first-order valence-electron chi connectivity index (χ1n) is 9.14. The molecule has 0 N–H and O–H groups in total. The lowest BCUT2D eigenvalue weighted by molar-refractivity contribution is -0.132. The zero-order valence-electron chi connectivity index (χ0n) is 15.3. The van der Waals surface area contributed by atoms with Gasteiger partial charge in [0, 0.05) is 30.8 Å². The van der Waals surface area contributed by atoms with Crippen LogP contribution < -0.4 is 4.74 Å². The molecule has 2 aromatic carbocycles. The lowest BCUT2D eigenvalue weighted by atomic mass is 10.1. The average Bonchev–Trinajstić information content (AvgIpc) is 3.11. The maximum Gasteiger partial charge on any atom is 0.274 e. The third-order valence-corrected chi connectivity index (χ3v) is 6.52. The van der Waals surface area contributed by atoms with Crippen molar-refractivity contribution in [3.05, 3.63) is 54.1 Å². The molecule has 4 rings (SSSR count). The van der Waals surface area contributed by atoms with Gasteiger partial charge in [0.2, 0.25) is 5.91 Å². The highest BCUT2D eigenvalue weighted by atomic mass is 32.2. The number of carbonyl (C=O) groups excluding carboxylic acids is 1. The van der Waals surface area contributed by atoms with Crippen molar-refractivity contribution < 1.29 is 9.53 Å². The van der Waals surface area contributed by atoms with Gasteiger partial charge in [-0.3, -0.25) is 4.79 Å². The Labute approximate surface area is 167 Å². The number of hydrogen-bond acceptors (Lipinski definition) is 5. The van der Waals surface area contributed by atoms with E-state index in [1.165, 1.54) is 4.90 Å². The zero-order valence-corrected chi connectivity index (χ0v) is 16.9. The van der Waals surface area contributed by atoms with E-state index in [1.54, 1.807) is 23.1 Å². The number of thiazole rings is 1. The molecule has 1 amide bonds. The van der Waals surface area contributed by atoms with Crippen molar-refractivity contribution in [1.82, 2.24) is 9.88 Å². The number of carbonyl (C=O) groups is 1. The predicted octanol–water partition coefficient (Wildman–Crippen LogP) is 4.63. The number of thioether (sulfide) groups is 1. The molecule has 0 saturated carbocycles. The number of hydrogen-bond donors (Lipinski definition) is 0. The number of amides is 1. The minimum atomic E-state index is 0.135. The van der Waals surface area contributed by atoms with Gasteiger partial charge in [0.25, 0.3) is 5.19 Å². The molecular weight excluding hydrogens is 376 g/mol. The summed E-state index contributed by atoms with van der Waals surface area (Å²) < 4.78 is 7.23. The van der Waals surface area contributed by atoms with E-state index in [-0.39, 0.29) is 12.0 Å². The number of fused-ring (bicyclic) bond motifs is 1. The summed E-state index contributed by atoms with van der Waals surface area (Å²) in [6.45, 7) is 1.49. The Morgan fingerprint density at radius 1 is 1.19 bits per heavy atom. The van der Waals surface area contributed by atoms with Crippen LogP contribution in [-0.4, -0.2) is 41.2 Å². The van der Waals surface area contributed by atoms with Gasteiger partial charge in [-0.05, 0) is 36.1 Å². The number of para-hydroxylation sites is 1. The Bertz CT molecular complexity index is 882. The summed E-state index contributed by atoms with van der Waals surface area (Å²) in [7, 11) is 0. The Morgan fingerprint density at radius 3 is 2.63 bits per heavy atom. The highest BCUT2D eigenvalue weighted by molar-refractivity contribution is 7.98. The number of aromatic nitrogens is 1. The molecule has 1 aliphatic heterocycles. The van der Waals surface area contributed by atoms with Crippen LogP contribution in [0.2, 0.25) is 0 Å². The molecule has 0 spiro atoms. The van der Waals surface area contributed by atoms with Crippen LogP contribution in [0.3, 0.4) is 0 Å². The number of likely N-dealkylation sites (tertiary alicyclic amines) is 1. The zero-order chi connectivity index (χ0) is 18.6. The minimum Gasteiger partial charge on any atom is -0.467 e. The van der Waals surface area contributed by atoms with E-state index < -0.39 is 0 Å². The first-order valence-corrected chi connectivity index (χ1v) is 11.2. The van der Waals surface area contributed by atoms with E-state index in [0.717, 1.165) is 46.9 Å². The molecule has 27 heavy (non-hydrogen) atoms. The molecule has 0 radical (unpaired) electrons. The first-order chi connectivity index (χ1) is 13.2. The lowest BCUT2D eigenvalue weighted by Crippen LogP contribution is -2.42. The molecule has 0 unspecified atom stereocenters. The van der Waals surface area contributed by atoms with Gasteiger partial charge in [0.05, 0.1) is 16.6 Å². The highest BCUT2D eigenvalue weighted by Crippen LogP contribution is 2.29. The summed E-state index contributed by atoms with van der Waals surface area (Å²) in [6, 6.07) is 16.3. The Hall–Kier alpha value is -2.05. The quantitative estimate of drug-likeness (QED) is 0.588. The number of rotatable bonds is 5. The van der Waals surface area contributed by atoms with E-state index in [0.29, 0.717) is 6.42 Å². The van der Waals surface area contributed by atoms with Crippen LogP contribution in [0.1, 0.15) is 18.4 Å². The van der Waals surface area contributed by atoms with Crippen LogP contribution >= 0.6 is 23.1 Å². The maximum atomic E-state index is 12.6. The van der Waals surface area contributed by atoms with Gasteiger partial charge >= 0.3 is 0 Å². The molecule has 2 heterocycles. The van der Waals surface area contributed by atoms with Gasteiger partial charge < -0.3 is 9.64 Å². The summed E-state index contributed by atoms with van der Waals surface area (Å²) in [5.74, 6) is 0.199. The lowest BCUT2D eigenvalue weighted by Gasteiger charge is -2.31. The Balaban J connectivity index is 1.29. The molecule has 3 aromatic rings. The minimum absolute atomic E-state index is 0.135. The second-order valence-corrected chi connectivity index (χ2v) is 8.54. The third-order valence-electron chi connectivity index (χ3n) is 4.85. The largest absolute Gasteiger partial charge is 0.467 e. The number of benzene rings is 2. The molecule has 0 atom stereocenters. The molecular formula is C21H22N2O2S2. The molecule has 4 nitrogen and oxygen atoms in total. The van der Waals surface area contributed by atoms with Crippen molar-refractivity contribution in [3.63, 3.8) is 0 Å². The van der Waals surface area contributed by atoms with E-state index in [1.807, 2.05) is 35.2 Å². The van der Waals surface area contributed by atoms with Gasteiger partial charge in [0.15, 0.2) is 0 Å². The van der Waals surface area contributed by atoms with Gasteiger partial charge in [-0.1, -0.05) is 35.6 Å². The fourth-order valence-corrected chi connectivity index (χ4v) is 4.59. The van der Waals surface area contributed by atoms with Crippen molar-refractivity contribution >= 4 is 39.2 Å². The van der Waals surface area contributed by atoms with Gasteiger partial charge in [-0.15, -0.1) is 11.8 Å². The topological polar surface area (TPSA) is 42.4 Å². The molecule has 0 aliphatic carbocycles. The molecule has 1 aromatic heterocycles. The monoisotopic (exact) mass is 398 g/mol. The summed E-state index contributed by atoms with van der Waals surface area (Å²) in [6.07, 6.45) is 4.37. The number of nitrogens with zero attached hydrogens (tertiary/aromatic N) is 2. The van der Waals surface area contributed by atoms with Crippen molar-refractivity contribution in [1.29, 1.82) is 0 Å². The fraction of sp³-hybridized carbons (Fsp3) is 0.333. The van der Waals surface area contributed by atoms with Crippen molar-refractivity contribution in [2.75, 3.05) is 19.3 Å². The molecule has 1 aliphatic rings.